The van der Waals surface area contributed by atoms with Gasteiger partial charge < -0.3 is 0 Å². The van der Waals surface area contributed by atoms with Crippen LogP contribution in [0.2, 0.25) is 5.02 Å². The van der Waals surface area contributed by atoms with Crippen LogP contribution in [0.25, 0.3) is 0 Å². The molecule has 2 aromatic rings. The van der Waals surface area contributed by atoms with Gasteiger partial charge in [-0.15, -0.1) is 0 Å². The number of halogens is 1. The highest BCUT2D eigenvalue weighted by Gasteiger charge is 2.38. The number of rotatable bonds is 2. The largest absolute Gasteiger partial charge is 0.281 e. The summed E-state index contributed by atoms with van der Waals surface area (Å²) in [5.74, 6) is 0.272. The van der Waals surface area contributed by atoms with E-state index in [0.717, 1.165) is 29.8 Å². The van der Waals surface area contributed by atoms with Crippen molar-refractivity contribution in [3.8, 4) is 0 Å². The van der Waals surface area contributed by atoms with Gasteiger partial charge in [-0.3, -0.25) is 9.48 Å². The third-order valence-corrected chi connectivity index (χ3v) is 4.06. The molecule has 2 aliphatic rings. The lowest BCUT2D eigenvalue weighted by molar-refractivity contribution is 0.101. The van der Waals surface area contributed by atoms with Gasteiger partial charge in [-0.1, -0.05) is 23.7 Å². The number of aryl methyl sites for hydroxylation is 1. The number of benzene rings is 1. The molecule has 1 aliphatic carbocycles. The summed E-state index contributed by atoms with van der Waals surface area (Å²) in [6.45, 7) is 0. The van der Waals surface area contributed by atoms with E-state index in [1.165, 1.54) is 0 Å². The second kappa shape index (κ2) is 4.03. The fourth-order valence-corrected chi connectivity index (χ4v) is 2.82. The van der Waals surface area contributed by atoms with E-state index in [-0.39, 0.29) is 5.91 Å². The molecule has 4 nitrogen and oxygen atoms in total. The van der Waals surface area contributed by atoms with Gasteiger partial charge in [-0.05, 0) is 25.0 Å². The SMILES string of the molecule is Cn1nc(C2CC2)c2c1C(c1ccc(Cl)cc1)=NC2=O. The monoisotopic (exact) mass is 285 g/mol. The molecule has 0 unspecified atom stereocenters. The van der Waals surface area contributed by atoms with Gasteiger partial charge in [0, 0.05) is 23.6 Å². The minimum Gasteiger partial charge on any atom is -0.267 e. The fourth-order valence-electron chi connectivity index (χ4n) is 2.69. The highest BCUT2D eigenvalue weighted by Crippen LogP contribution is 2.43. The third-order valence-electron chi connectivity index (χ3n) is 3.81. The van der Waals surface area contributed by atoms with Gasteiger partial charge in [0.15, 0.2) is 0 Å². The maximum absolute atomic E-state index is 12.2. The minimum atomic E-state index is -0.167. The van der Waals surface area contributed by atoms with Crippen molar-refractivity contribution in [1.29, 1.82) is 0 Å². The van der Waals surface area contributed by atoms with Crippen molar-refractivity contribution in [2.24, 2.45) is 12.0 Å². The van der Waals surface area contributed by atoms with E-state index in [1.807, 2.05) is 19.2 Å². The first-order valence-electron chi connectivity index (χ1n) is 6.61. The molecule has 5 heteroatoms. The molecule has 0 saturated heterocycles. The smallest absolute Gasteiger partial charge is 0.267 e. The molecular weight excluding hydrogens is 274 g/mol. The topological polar surface area (TPSA) is 47.2 Å². The molecule has 1 aromatic heterocycles. The normalized spacial score (nSPS) is 17.3. The number of nitrogens with zero attached hydrogens (tertiary/aromatic N) is 3. The lowest BCUT2D eigenvalue weighted by Crippen LogP contribution is -2.07. The lowest BCUT2D eigenvalue weighted by atomic mass is 10.0. The maximum Gasteiger partial charge on any atom is 0.281 e. The summed E-state index contributed by atoms with van der Waals surface area (Å²) in [4.78, 5) is 16.4. The van der Waals surface area contributed by atoms with Gasteiger partial charge in [0.2, 0.25) is 0 Å². The molecule has 2 heterocycles. The van der Waals surface area contributed by atoms with Crippen LogP contribution in [0.5, 0.6) is 0 Å². The number of hydrogen-bond acceptors (Lipinski definition) is 2. The molecule has 0 spiro atoms. The Morgan fingerprint density at radius 3 is 2.60 bits per heavy atom. The molecule has 0 N–H and O–H groups in total. The first-order chi connectivity index (χ1) is 9.65. The van der Waals surface area contributed by atoms with Crippen LogP contribution in [-0.4, -0.2) is 21.4 Å². The molecule has 1 fully saturated rings. The van der Waals surface area contributed by atoms with Crippen molar-refractivity contribution >= 4 is 23.2 Å². The summed E-state index contributed by atoms with van der Waals surface area (Å²) in [5.41, 5.74) is 4.04. The molecule has 1 amide bonds. The van der Waals surface area contributed by atoms with Crippen LogP contribution in [0.3, 0.4) is 0 Å². The van der Waals surface area contributed by atoms with Crippen LogP contribution in [0, 0.1) is 0 Å². The predicted octanol–water partition coefficient (Wildman–Crippen LogP) is 2.94. The third kappa shape index (κ3) is 1.64. The zero-order valence-electron chi connectivity index (χ0n) is 10.9. The summed E-state index contributed by atoms with van der Waals surface area (Å²) in [6.07, 6.45) is 2.24. The van der Waals surface area contributed by atoms with Crippen molar-refractivity contribution in [3.05, 3.63) is 51.8 Å². The van der Waals surface area contributed by atoms with Crippen LogP contribution < -0.4 is 0 Å². The molecule has 100 valence electrons. The van der Waals surface area contributed by atoms with Gasteiger partial charge in [0.25, 0.3) is 5.91 Å². The van der Waals surface area contributed by atoms with E-state index < -0.39 is 0 Å². The average molecular weight is 286 g/mol. The molecular formula is C15H12ClN3O. The Labute approximate surface area is 121 Å². The van der Waals surface area contributed by atoms with Gasteiger partial charge in [-0.2, -0.15) is 5.10 Å². The first-order valence-corrected chi connectivity index (χ1v) is 6.99. The number of carbonyl (C=O) groups excluding carboxylic acids is 1. The van der Waals surface area contributed by atoms with Crippen molar-refractivity contribution in [2.45, 2.75) is 18.8 Å². The molecule has 0 bridgehead atoms. The maximum atomic E-state index is 12.2. The van der Waals surface area contributed by atoms with Gasteiger partial charge in [0.1, 0.15) is 11.4 Å². The van der Waals surface area contributed by atoms with Crippen LogP contribution in [0.15, 0.2) is 29.3 Å². The zero-order chi connectivity index (χ0) is 13.9. The van der Waals surface area contributed by atoms with Crippen LogP contribution in [0.1, 0.15) is 46.1 Å². The van der Waals surface area contributed by atoms with Gasteiger partial charge >= 0.3 is 0 Å². The van der Waals surface area contributed by atoms with E-state index in [2.05, 4.69) is 10.1 Å². The van der Waals surface area contributed by atoms with Crippen molar-refractivity contribution in [2.75, 3.05) is 0 Å². The van der Waals surface area contributed by atoms with E-state index in [4.69, 9.17) is 11.6 Å². The Hall–Kier alpha value is -1.94. The quantitative estimate of drug-likeness (QED) is 0.852. The molecule has 1 aromatic carbocycles. The van der Waals surface area contributed by atoms with E-state index in [1.54, 1.807) is 16.8 Å². The van der Waals surface area contributed by atoms with Crippen LogP contribution in [0.4, 0.5) is 0 Å². The zero-order valence-corrected chi connectivity index (χ0v) is 11.7. The highest BCUT2D eigenvalue weighted by atomic mass is 35.5. The molecule has 0 atom stereocenters. The Kier molecular flexibility index (Phi) is 2.39. The Bertz CT molecular complexity index is 754. The van der Waals surface area contributed by atoms with E-state index >= 15 is 0 Å². The number of aliphatic imine (C=N–C) groups is 1. The number of fused-ring (bicyclic) bond motifs is 1. The average Bonchev–Trinajstić information content (AvgIpc) is 3.13. The van der Waals surface area contributed by atoms with E-state index in [0.29, 0.717) is 22.2 Å². The summed E-state index contributed by atoms with van der Waals surface area (Å²) in [6, 6.07) is 7.38. The number of carbonyl (C=O) groups is 1. The minimum absolute atomic E-state index is 0.167. The Morgan fingerprint density at radius 1 is 1.25 bits per heavy atom. The predicted molar refractivity (Wildman–Crippen MR) is 76.6 cm³/mol. The molecule has 4 rings (SSSR count). The Balaban J connectivity index is 1.87. The number of amides is 1. The van der Waals surface area contributed by atoms with Crippen molar-refractivity contribution < 1.29 is 4.79 Å². The Morgan fingerprint density at radius 2 is 1.95 bits per heavy atom. The van der Waals surface area contributed by atoms with Crippen LogP contribution in [-0.2, 0) is 7.05 Å². The van der Waals surface area contributed by atoms with Gasteiger partial charge in [-0.25, -0.2) is 4.99 Å². The first kappa shape index (κ1) is 11.9. The summed E-state index contributed by atoms with van der Waals surface area (Å²) >= 11 is 5.91. The summed E-state index contributed by atoms with van der Waals surface area (Å²) < 4.78 is 1.78. The second-order valence-electron chi connectivity index (χ2n) is 5.28. The molecule has 0 radical (unpaired) electrons. The standard InChI is InChI=1S/C15H12ClN3O/c1-19-14-11(12(18-19)8-2-3-8)15(20)17-13(14)9-4-6-10(16)7-5-9/h4-8H,2-3H2,1H3. The lowest BCUT2D eigenvalue weighted by Gasteiger charge is -2.03. The summed E-state index contributed by atoms with van der Waals surface area (Å²) in [5, 5.41) is 5.20. The fraction of sp³-hybridized carbons (Fsp3) is 0.267. The van der Waals surface area contributed by atoms with Gasteiger partial charge in [0.05, 0.1) is 11.3 Å². The molecule has 1 aliphatic heterocycles. The second-order valence-corrected chi connectivity index (χ2v) is 5.72. The molecule has 20 heavy (non-hydrogen) atoms. The summed E-state index contributed by atoms with van der Waals surface area (Å²) in [7, 11) is 1.87. The van der Waals surface area contributed by atoms with E-state index in [9.17, 15) is 4.79 Å². The van der Waals surface area contributed by atoms with Crippen molar-refractivity contribution in [3.63, 3.8) is 0 Å². The van der Waals surface area contributed by atoms with Crippen molar-refractivity contribution in [1.82, 2.24) is 9.78 Å². The number of aromatic nitrogens is 2. The highest BCUT2D eigenvalue weighted by molar-refractivity contribution is 6.31. The number of hydrogen-bond donors (Lipinski definition) is 0. The van der Waals surface area contributed by atoms with Crippen LogP contribution >= 0.6 is 11.6 Å². The molecule has 1 saturated carbocycles.